The summed E-state index contributed by atoms with van der Waals surface area (Å²) in [6.07, 6.45) is 0. The lowest BCUT2D eigenvalue weighted by atomic mass is 10.1. The van der Waals surface area contributed by atoms with Crippen LogP contribution in [0.1, 0.15) is 16.7 Å². The normalized spacial score (nSPS) is 11.4. The highest BCUT2D eigenvalue weighted by Crippen LogP contribution is 2.33. The Kier molecular flexibility index (Phi) is 5.57. The third kappa shape index (κ3) is 3.89. The summed E-state index contributed by atoms with van der Waals surface area (Å²) in [5, 5.41) is 2.40. The van der Waals surface area contributed by atoms with Crippen molar-refractivity contribution in [2.24, 2.45) is 0 Å². The molecule has 0 atom stereocenters. The van der Waals surface area contributed by atoms with Crippen LogP contribution in [0.2, 0.25) is 5.02 Å². The maximum absolute atomic E-state index is 13.6. The number of nitrogens with zero attached hydrogens (tertiary/aromatic N) is 2. The minimum atomic E-state index is -0.0154. The van der Waals surface area contributed by atoms with E-state index >= 15 is 0 Å². The maximum Gasteiger partial charge on any atom is 0.272 e. The molecule has 5 aromatic rings. The van der Waals surface area contributed by atoms with Crippen LogP contribution in [0.3, 0.4) is 0 Å². The molecule has 0 radical (unpaired) electrons. The fraction of sp³-hybridized carbons (Fsp3) is 0.120. The molecule has 154 valence electrons. The Morgan fingerprint density at radius 3 is 2.48 bits per heavy atom. The zero-order valence-corrected chi connectivity index (χ0v) is 19.2. The number of rotatable bonds is 5. The standard InChI is InChI=1S/C25H19ClN2OS2/c1-16-8-2-3-10-18(16)15-30-25-27-22-19-11-5-7-13-21(19)31-23(22)24(29)28(25)14-17-9-4-6-12-20(17)26/h2-13H,14-15H2,1H3. The van der Waals surface area contributed by atoms with Crippen LogP contribution in [0.15, 0.2) is 82.7 Å². The molecule has 0 bridgehead atoms. The molecule has 0 saturated carbocycles. The molecule has 6 heteroatoms. The zero-order chi connectivity index (χ0) is 21.4. The SMILES string of the molecule is Cc1ccccc1CSc1nc2c(sc3ccccc32)c(=O)n1Cc1ccccc1Cl. The lowest BCUT2D eigenvalue weighted by molar-refractivity contribution is 0.660. The van der Waals surface area contributed by atoms with Gasteiger partial charge in [-0.2, -0.15) is 0 Å². The second-order valence-electron chi connectivity index (χ2n) is 7.37. The smallest absolute Gasteiger partial charge is 0.272 e. The fourth-order valence-electron chi connectivity index (χ4n) is 3.61. The molecule has 0 unspecified atom stereocenters. The summed E-state index contributed by atoms with van der Waals surface area (Å²) < 4.78 is 3.53. The lowest BCUT2D eigenvalue weighted by Crippen LogP contribution is -2.23. The molecule has 2 aromatic heterocycles. The van der Waals surface area contributed by atoms with E-state index in [-0.39, 0.29) is 5.56 Å². The first-order valence-electron chi connectivity index (χ1n) is 9.94. The van der Waals surface area contributed by atoms with Gasteiger partial charge in [0.25, 0.3) is 5.56 Å². The average molecular weight is 463 g/mol. The second-order valence-corrected chi connectivity index (χ2v) is 9.77. The van der Waals surface area contributed by atoms with E-state index in [1.165, 1.54) is 22.5 Å². The molecule has 0 spiro atoms. The van der Waals surface area contributed by atoms with E-state index < -0.39 is 0 Å². The molecule has 0 aliphatic carbocycles. The highest BCUT2D eigenvalue weighted by molar-refractivity contribution is 7.98. The summed E-state index contributed by atoms with van der Waals surface area (Å²) in [5.74, 6) is 0.745. The van der Waals surface area contributed by atoms with Gasteiger partial charge in [0.2, 0.25) is 0 Å². The van der Waals surface area contributed by atoms with Crippen LogP contribution in [0.5, 0.6) is 0 Å². The Hall–Kier alpha value is -2.60. The Morgan fingerprint density at radius 2 is 1.68 bits per heavy atom. The molecule has 0 aliphatic heterocycles. The molecule has 0 saturated heterocycles. The Morgan fingerprint density at radius 1 is 0.968 bits per heavy atom. The quantitative estimate of drug-likeness (QED) is 0.210. The summed E-state index contributed by atoms with van der Waals surface area (Å²) in [5.41, 5.74) is 4.15. The van der Waals surface area contributed by atoms with E-state index in [0.717, 1.165) is 26.9 Å². The first kappa shape index (κ1) is 20.3. The van der Waals surface area contributed by atoms with Gasteiger partial charge >= 0.3 is 0 Å². The van der Waals surface area contributed by atoms with E-state index in [4.69, 9.17) is 16.6 Å². The van der Waals surface area contributed by atoms with Crippen LogP contribution >= 0.6 is 34.7 Å². The molecule has 0 aliphatic rings. The van der Waals surface area contributed by atoms with Crippen LogP contribution in [-0.2, 0) is 12.3 Å². The largest absolute Gasteiger partial charge is 0.282 e. The minimum Gasteiger partial charge on any atom is -0.282 e. The van der Waals surface area contributed by atoms with E-state index in [0.29, 0.717) is 21.4 Å². The fourth-order valence-corrected chi connectivity index (χ4v) is 5.97. The van der Waals surface area contributed by atoms with Crippen molar-refractivity contribution in [1.29, 1.82) is 0 Å². The Bertz CT molecular complexity index is 1470. The molecular weight excluding hydrogens is 444 g/mol. The van der Waals surface area contributed by atoms with Crippen molar-refractivity contribution in [1.82, 2.24) is 9.55 Å². The predicted molar refractivity (Wildman–Crippen MR) is 133 cm³/mol. The molecule has 0 fully saturated rings. The number of thiophene rings is 1. The van der Waals surface area contributed by atoms with Crippen molar-refractivity contribution in [3.63, 3.8) is 0 Å². The van der Waals surface area contributed by atoms with Gasteiger partial charge in [-0.15, -0.1) is 11.3 Å². The van der Waals surface area contributed by atoms with Crippen LogP contribution < -0.4 is 5.56 Å². The molecule has 2 heterocycles. The number of hydrogen-bond acceptors (Lipinski definition) is 4. The van der Waals surface area contributed by atoms with Gasteiger partial charge in [-0.3, -0.25) is 9.36 Å². The first-order valence-corrected chi connectivity index (χ1v) is 12.1. The summed E-state index contributed by atoms with van der Waals surface area (Å²) in [4.78, 5) is 18.6. The van der Waals surface area contributed by atoms with Crippen molar-refractivity contribution in [3.8, 4) is 0 Å². The number of halogens is 1. The Labute approximate surface area is 193 Å². The first-order chi connectivity index (χ1) is 15.1. The van der Waals surface area contributed by atoms with Crippen LogP contribution in [-0.4, -0.2) is 9.55 Å². The van der Waals surface area contributed by atoms with Gasteiger partial charge in [-0.1, -0.05) is 84.0 Å². The number of benzene rings is 3. The van der Waals surface area contributed by atoms with Gasteiger partial charge in [0.05, 0.1) is 12.1 Å². The summed E-state index contributed by atoms with van der Waals surface area (Å²) in [6, 6.07) is 24.0. The van der Waals surface area contributed by atoms with Gasteiger partial charge in [0.1, 0.15) is 4.70 Å². The maximum atomic E-state index is 13.6. The Balaban J connectivity index is 1.66. The van der Waals surface area contributed by atoms with Crippen LogP contribution in [0.25, 0.3) is 20.3 Å². The lowest BCUT2D eigenvalue weighted by Gasteiger charge is -2.13. The van der Waals surface area contributed by atoms with Crippen LogP contribution in [0.4, 0.5) is 0 Å². The monoisotopic (exact) mass is 462 g/mol. The molecule has 3 nitrogen and oxygen atoms in total. The van der Waals surface area contributed by atoms with E-state index in [1.807, 2.05) is 60.7 Å². The number of thioether (sulfide) groups is 1. The van der Waals surface area contributed by atoms with Gasteiger partial charge in [-0.05, 0) is 35.7 Å². The molecule has 0 N–H and O–H groups in total. The third-order valence-electron chi connectivity index (χ3n) is 5.35. The van der Waals surface area contributed by atoms with Gasteiger partial charge in [-0.25, -0.2) is 4.98 Å². The molecule has 31 heavy (non-hydrogen) atoms. The molecule has 0 amide bonds. The number of hydrogen-bond donors (Lipinski definition) is 0. The van der Waals surface area contributed by atoms with Crippen molar-refractivity contribution in [3.05, 3.63) is 105 Å². The van der Waals surface area contributed by atoms with Crippen molar-refractivity contribution in [2.45, 2.75) is 24.4 Å². The molecule has 5 rings (SSSR count). The van der Waals surface area contributed by atoms with Gasteiger partial charge < -0.3 is 0 Å². The predicted octanol–water partition coefficient (Wildman–Crippen LogP) is 6.91. The third-order valence-corrected chi connectivity index (χ3v) is 7.89. The highest BCUT2D eigenvalue weighted by Gasteiger charge is 2.17. The summed E-state index contributed by atoms with van der Waals surface area (Å²) in [7, 11) is 0. The van der Waals surface area contributed by atoms with Crippen molar-refractivity contribution < 1.29 is 0 Å². The van der Waals surface area contributed by atoms with E-state index in [2.05, 4.69) is 19.1 Å². The molecular formula is C25H19ClN2OS2. The number of fused-ring (bicyclic) bond motifs is 3. The summed E-state index contributed by atoms with van der Waals surface area (Å²) >= 11 is 9.51. The van der Waals surface area contributed by atoms with E-state index in [9.17, 15) is 4.79 Å². The van der Waals surface area contributed by atoms with Gasteiger partial charge in [0.15, 0.2) is 5.16 Å². The average Bonchev–Trinajstić information content (AvgIpc) is 3.16. The molecule has 3 aromatic carbocycles. The highest BCUT2D eigenvalue weighted by atomic mass is 35.5. The zero-order valence-electron chi connectivity index (χ0n) is 16.8. The van der Waals surface area contributed by atoms with E-state index in [1.54, 1.807) is 16.3 Å². The minimum absolute atomic E-state index is 0.0154. The van der Waals surface area contributed by atoms with Crippen LogP contribution in [0, 0.1) is 6.92 Å². The second kappa shape index (κ2) is 8.50. The number of aryl methyl sites for hydroxylation is 1. The van der Waals surface area contributed by atoms with Crippen molar-refractivity contribution in [2.75, 3.05) is 0 Å². The topological polar surface area (TPSA) is 34.9 Å². The number of aromatic nitrogens is 2. The van der Waals surface area contributed by atoms with Gasteiger partial charge in [0, 0.05) is 20.9 Å². The summed E-state index contributed by atoms with van der Waals surface area (Å²) in [6.45, 7) is 2.50. The van der Waals surface area contributed by atoms with Crippen molar-refractivity contribution >= 4 is 55.0 Å².